The molecule has 0 unspecified atom stereocenters. The number of carbonyl (C=O) groups is 1. The largest absolute Gasteiger partial charge is 0.493 e. The summed E-state index contributed by atoms with van der Waals surface area (Å²) in [5, 5.41) is 2.78. The number of carbonyl (C=O) groups excluding carboxylic acids is 1. The summed E-state index contributed by atoms with van der Waals surface area (Å²) in [5.41, 5.74) is 2.02. The lowest BCUT2D eigenvalue weighted by Crippen LogP contribution is -2.22. The Labute approximate surface area is 172 Å². The molecule has 0 bridgehead atoms. The van der Waals surface area contributed by atoms with E-state index in [-0.39, 0.29) is 24.0 Å². The van der Waals surface area contributed by atoms with E-state index in [9.17, 15) is 13.6 Å². The van der Waals surface area contributed by atoms with Gasteiger partial charge in [0.2, 0.25) is 0 Å². The van der Waals surface area contributed by atoms with Crippen molar-refractivity contribution >= 4 is 5.91 Å². The van der Waals surface area contributed by atoms with Gasteiger partial charge in [0.25, 0.3) is 5.91 Å². The van der Waals surface area contributed by atoms with Crippen LogP contribution < -0.4 is 19.5 Å². The molecule has 0 aliphatic heterocycles. The zero-order valence-corrected chi connectivity index (χ0v) is 16.2. The van der Waals surface area contributed by atoms with Crippen molar-refractivity contribution in [1.29, 1.82) is 0 Å². The maximum atomic E-state index is 12.5. The van der Waals surface area contributed by atoms with Crippen molar-refractivity contribution in [1.82, 2.24) is 10.3 Å². The molecule has 1 amide bonds. The molecule has 30 heavy (non-hydrogen) atoms. The molecule has 0 fully saturated rings. The van der Waals surface area contributed by atoms with E-state index < -0.39 is 6.61 Å². The molecule has 0 aliphatic rings. The third-order valence-corrected chi connectivity index (χ3v) is 4.12. The van der Waals surface area contributed by atoms with Gasteiger partial charge < -0.3 is 19.5 Å². The Kier molecular flexibility index (Phi) is 7.15. The normalized spacial score (nSPS) is 10.5. The number of hydrogen-bond donors (Lipinski definition) is 1. The van der Waals surface area contributed by atoms with Crippen molar-refractivity contribution in [2.75, 3.05) is 7.11 Å². The number of amides is 1. The summed E-state index contributed by atoms with van der Waals surface area (Å²) in [5.74, 6) is 0.351. The van der Waals surface area contributed by atoms with Crippen LogP contribution in [0.1, 0.15) is 21.5 Å². The number of alkyl halides is 2. The van der Waals surface area contributed by atoms with E-state index in [1.54, 1.807) is 42.7 Å². The van der Waals surface area contributed by atoms with Gasteiger partial charge in [0.05, 0.1) is 7.11 Å². The van der Waals surface area contributed by atoms with Gasteiger partial charge in [-0.15, -0.1) is 0 Å². The molecule has 0 saturated heterocycles. The fourth-order valence-electron chi connectivity index (χ4n) is 2.68. The second-order valence-corrected chi connectivity index (χ2v) is 6.22. The smallest absolute Gasteiger partial charge is 0.387 e. The number of benzene rings is 2. The SMILES string of the molecule is COc1cc(CNC(=O)c2cccc(OCc3cccnc3)c2)ccc1OC(F)F. The van der Waals surface area contributed by atoms with E-state index in [0.717, 1.165) is 5.56 Å². The van der Waals surface area contributed by atoms with E-state index >= 15 is 0 Å². The van der Waals surface area contributed by atoms with Crippen LogP contribution in [0.2, 0.25) is 0 Å². The van der Waals surface area contributed by atoms with Crippen LogP contribution in [-0.4, -0.2) is 24.6 Å². The predicted octanol–water partition coefficient (Wildman–Crippen LogP) is 4.20. The lowest BCUT2D eigenvalue weighted by Gasteiger charge is -2.12. The molecular formula is C22H20F2N2O4. The van der Waals surface area contributed by atoms with Gasteiger partial charge in [-0.05, 0) is 42.0 Å². The molecule has 6 nitrogen and oxygen atoms in total. The van der Waals surface area contributed by atoms with Gasteiger partial charge in [0.1, 0.15) is 12.4 Å². The van der Waals surface area contributed by atoms with Gasteiger partial charge in [-0.25, -0.2) is 0 Å². The Bertz CT molecular complexity index is 984. The Balaban J connectivity index is 1.59. The van der Waals surface area contributed by atoms with Crippen molar-refractivity contribution in [2.24, 2.45) is 0 Å². The zero-order valence-electron chi connectivity index (χ0n) is 16.2. The second-order valence-electron chi connectivity index (χ2n) is 6.22. The van der Waals surface area contributed by atoms with Crippen molar-refractivity contribution in [3.05, 3.63) is 83.7 Å². The van der Waals surface area contributed by atoms with E-state index in [4.69, 9.17) is 9.47 Å². The Morgan fingerprint density at radius 2 is 1.93 bits per heavy atom. The van der Waals surface area contributed by atoms with Crippen LogP contribution in [-0.2, 0) is 13.2 Å². The zero-order chi connectivity index (χ0) is 21.3. The van der Waals surface area contributed by atoms with Crippen molar-refractivity contribution in [3.8, 4) is 17.2 Å². The highest BCUT2D eigenvalue weighted by Crippen LogP contribution is 2.29. The first kappa shape index (κ1) is 21.0. The quantitative estimate of drug-likeness (QED) is 0.568. The third-order valence-electron chi connectivity index (χ3n) is 4.12. The van der Waals surface area contributed by atoms with Crippen molar-refractivity contribution in [2.45, 2.75) is 19.8 Å². The van der Waals surface area contributed by atoms with Crippen LogP contribution in [0.5, 0.6) is 17.2 Å². The van der Waals surface area contributed by atoms with E-state index in [2.05, 4.69) is 15.0 Å². The summed E-state index contributed by atoms with van der Waals surface area (Å²) >= 11 is 0. The third kappa shape index (κ3) is 5.91. The Morgan fingerprint density at radius 3 is 2.67 bits per heavy atom. The van der Waals surface area contributed by atoms with Crippen molar-refractivity contribution < 1.29 is 27.8 Å². The number of ether oxygens (including phenoxy) is 3. The molecule has 1 aromatic heterocycles. The minimum absolute atomic E-state index is 0.0685. The Hall–Kier alpha value is -3.68. The number of halogens is 2. The van der Waals surface area contributed by atoms with Gasteiger partial charge in [-0.1, -0.05) is 18.2 Å². The summed E-state index contributed by atoms with van der Waals surface area (Å²) in [7, 11) is 1.35. The molecule has 0 spiro atoms. The van der Waals surface area contributed by atoms with Crippen LogP contribution in [0.4, 0.5) is 8.78 Å². The summed E-state index contributed by atoms with van der Waals surface area (Å²) < 4.78 is 40.0. The van der Waals surface area contributed by atoms with Crippen LogP contribution in [0.25, 0.3) is 0 Å². The molecular weight excluding hydrogens is 394 g/mol. The van der Waals surface area contributed by atoms with Gasteiger partial charge in [0.15, 0.2) is 11.5 Å². The van der Waals surface area contributed by atoms with E-state index in [1.165, 1.54) is 19.2 Å². The van der Waals surface area contributed by atoms with Crippen molar-refractivity contribution in [3.63, 3.8) is 0 Å². The fraction of sp³-hybridized carbons (Fsp3) is 0.182. The lowest BCUT2D eigenvalue weighted by molar-refractivity contribution is -0.0512. The molecule has 8 heteroatoms. The summed E-state index contributed by atoms with van der Waals surface area (Å²) in [6, 6.07) is 15.0. The number of aromatic nitrogens is 1. The Morgan fingerprint density at radius 1 is 1.07 bits per heavy atom. The first-order chi connectivity index (χ1) is 14.5. The maximum Gasteiger partial charge on any atom is 0.387 e. The predicted molar refractivity (Wildman–Crippen MR) is 106 cm³/mol. The number of nitrogens with zero attached hydrogens (tertiary/aromatic N) is 1. The monoisotopic (exact) mass is 414 g/mol. The molecule has 1 heterocycles. The molecule has 1 N–H and O–H groups in total. The standard InChI is InChI=1S/C22H20F2N2O4/c1-28-20-10-15(7-8-19(20)30-22(23)24)13-26-21(27)17-5-2-6-18(11-17)29-14-16-4-3-9-25-12-16/h2-12,22H,13-14H2,1H3,(H,26,27). The first-order valence-electron chi connectivity index (χ1n) is 9.07. The van der Waals surface area contributed by atoms with Gasteiger partial charge >= 0.3 is 6.61 Å². The molecule has 0 radical (unpaired) electrons. The van der Waals surface area contributed by atoms with Gasteiger partial charge in [0, 0.05) is 30.1 Å². The average Bonchev–Trinajstić information content (AvgIpc) is 2.77. The number of pyridine rings is 1. The molecule has 0 saturated carbocycles. The molecule has 0 atom stereocenters. The van der Waals surface area contributed by atoms with Crippen LogP contribution in [0.15, 0.2) is 67.0 Å². The first-order valence-corrected chi connectivity index (χ1v) is 9.07. The minimum atomic E-state index is -2.95. The van der Waals surface area contributed by atoms with Crippen LogP contribution >= 0.6 is 0 Å². The fourth-order valence-corrected chi connectivity index (χ4v) is 2.68. The topological polar surface area (TPSA) is 69.7 Å². The highest BCUT2D eigenvalue weighted by molar-refractivity contribution is 5.94. The highest BCUT2D eigenvalue weighted by Gasteiger charge is 2.12. The molecule has 0 aliphatic carbocycles. The number of methoxy groups -OCH3 is 1. The summed E-state index contributed by atoms with van der Waals surface area (Å²) in [6.45, 7) is -2.42. The minimum Gasteiger partial charge on any atom is -0.493 e. The van der Waals surface area contributed by atoms with E-state index in [0.29, 0.717) is 23.5 Å². The molecule has 3 rings (SSSR count). The average molecular weight is 414 g/mol. The lowest BCUT2D eigenvalue weighted by atomic mass is 10.1. The second kappa shape index (κ2) is 10.2. The highest BCUT2D eigenvalue weighted by atomic mass is 19.3. The van der Waals surface area contributed by atoms with Gasteiger partial charge in [-0.2, -0.15) is 8.78 Å². The summed E-state index contributed by atoms with van der Waals surface area (Å²) in [6.07, 6.45) is 3.39. The molecule has 2 aromatic carbocycles. The number of nitrogens with one attached hydrogen (secondary N) is 1. The van der Waals surface area contributed by atoms with Crippen LogP contribution in [0.3, 0.4) is 0 Å². The maximum absolute atomic E-state index is 12.5. The van der Waals surface area contributed by atoms with Gasteiger partial charge in [-0.3, -0.25) is 9.78 Å². The van der Waals surface area contributed by atoms with E-state index in [1.807, 2.05) is 12.1 Å². The molecule has 3 aromatic rings. The molecule has 156 valence electrons. The summed E-state index contributed by atoms with van der Waals surface area (Å²) in [4.78, 5) is 16.5. The number of rotatable bonds is 9. The number of hydrogen-bond acceptors (Lipinski definition) is 5. The van der Waals surface area contributed by atoms with Crippen LogP contribution in [0, 0.1) is 0 Å².